The van der Waals surface area contributed by atoms with Gasteiger partial charge in [-0.1, -0.05) is 12.1 Å². The number of thiophene rings is 1. The molecule has 0 aliphatic carbocycles. The van der Waals surface area contributed by atoms with Crippen LogP contribution in [0.25, 0.3) is 0 Å². The molecule has 2 heterocycles. The topological polar surface area (TPSA) is 62.8 Å². The fourth-order valence-electron chi connectivity index (χ4n) is 2.69. The maximum Gasteiger partial charge on any atom is 0.314 e. The van der Waals surface area contributed by atoms with E-state index < -0.39 is 0 Å². The molecule has 1 aromatic heterocycles. The predicted octanol–water partition coefficient (Wildman–Crippen LogP) is 2.49. The van der Waals surface area contributed by atoms with Crippen LogP contribution in [0.2, 0.25) is 0 Å². The molecule has 2 N–H and O–H groups in total. The zero-order chi connectivity index (χ0) is 17.6. The van der Waals surface area contributed by atoms with Gasteiger partial charge in [-0.3, -0.25) is 0 Å². The van der Waals surface area contributed by atoms with Crippen LogP contribution >= 0.6 is 11.3 Å². The third kappa shape index (κ3) is 4.64. The van der Waals surface area contributed by atoms with Crippen molar-refractivity contribution in [3.63, 3.8) is 0 Å². The fourth-order valence-corrected chi connectivity index (χ4v) is 3.39. The quantitative estimate of drug-likeness (QED) is 0.830. The number of carbonyl (C=O) groups is 1. The highest BCUT2D eigenvalue weighted by atomic mass is 32.1. The fraction of sp³-hybridized carbons (Fsp3) is 0.389. The van der Waals surface area contributed by atoms with Gasteiger partial charge in [-0.15, -0.1) is 0 Å². The van der Waals surface area contributed by atoms with Crippen molar-refractivity contribution in [2.45, 2.75) is 12.1 Å². The molecule has 1 aliphatic heterocycles. The minimum Gasteiger partial charge on any atom is -0.486 e. The summed E-state index contributed by atoms with van der Waals surface area (Å²) in [7, 11) is 4.01. The molecule has 2 aromatic rings. The van der Waals surface area contributed by atoms with Gasteiger partial charge in [0.2, 0.25) is 0 Å². The largest absolute Gasteiger partial charge is 0.486 e. The van der Waals surface area contributed by atoms with Crippen LogP contribution in [0.3, 0.4) is 0 Å². The number of amides is 2. The Balaban J connectivity index is 1.44. The van der Waals surface area contributed by atoms with Crippen LogP contribution in [0, 0.1) is 0 Å². The van der Waals surface area contributed by atoms with Gasteiger partial charge in [0.25, 0.3) is 0 Å². The number of para-hydroxylation sites is 2. The number of hydrogen-bond donors (Lipinski definition) is 2. The molecule has 0 bridgehead atoms. The summed E-state index contributed by atoms with van der Waals surface area (Å²) < 4.78 is 11.5. The molecule has 0 spiro atoms. The summed E-state index contributed by atoms with van der Waals surface area (Å²) in [5.41, 5.74) is 1.20. The number of nitrogens with one attached hydrogen (secondary N) is 2. The SMILES string of the molecule is CN(C)C(CNC(=O)NCC1COc2ccccc2O1)c1ccsc1. The molecule has 6 nitrogen and oxygen atoms in total. The Hall–Kier alpha value is -2.25. The van der Waals surface area contributed by atoms with E-state index in [0.717, 1.165) is 5.75 Å². The highest BCUT2D eigenvalue weighted by molar-refractivity contribution is 7.07. The summed E-state index contributed by atoms with van der Waals surface area (Å²) in [4.78, 5) is 14.2. The first kappa shape index (κ1) is 17.6. The van der Waals surface area contributed by atoms with Crippen LogP contribution in [0.15, 0.2) is 41.1 Å². The average Bonchev–Trinajstić information content (AvgIpc) is 3.14. The van der Waals surface area contributed by atoms with Crippen molar-refractivity contribution in [2.75, 3.05) is 33.8 Å². The van der Waals surface area contributed by atoms with Crippen molar-refractivity contribution in [3.05, 3.63) is 46.7 Å². The Morgan fingerprint density at radius 1 is 1.28 bits per heavy atom. The second-order valence-electron chi connectivity index (χ2n) is 6.12. The summed E-state index contributed by atoms with van der Waals surface area (Å²) >= 11 is 1.66. The molecule has 0 saturated heterocycles. The predicted molar refractivity (Wildman–Crippen MR) is 98.5 cm³/mol. The molecule has 1 aliphatic rings. The van der Waals surface area contributed by atoms with E-state index in [9.17, 15) is 4.79 Å². The molecule has 25 heavy (non-hydrogen) atoms. The summed E-state index contributed by atoms with van der Waals surface area (Å²) in [6, 6.07) is 9.57. The number of likely N-dealkylation sites (N-methyl/N-ethyl adjacent to an activating group) is 1. The molecular weight excluding hydrogens is 338 g/mol. The molecule has 2 atom stereocenters. The molecule has 0 radical (unpaired) electrons. The van der Waals surface area contributed by atoms with Crippen LogP contribution in [0.1, 0.15) is 11.6 Å². The number of fused-ring (bicyclic) bond motifs is 1. The maximum atomic E-state index is 12.1. The molecule has 1 aromatic carbocycles. The van der Waals surface area contributed by atoms with Gasteiger partial charge in [-0.2, -0.15) is 11.3 Å². The van der Waals surface area contributed by atoms with Crippen LogP contribution in [-0.2, 0) is 0 Å². The molecule has 134 valence electrons. The van der Waals surface area contributed by atoms with E-state index in [-0.39, 0.29) is 18.2 Å². The smallest absolute Gasteiger partial charge is 0.314 e. The van der Waals surface area contributed by atoms with E-state index >= 15 is 0 Å². The van der Waals surface area contributed by atoms with Gasteiger partial charge in [0.1, 0.15) is 6.61 Å². The van der Waals surface area contributed by atoms with E-state index in [1.807, 2.05) is 43.7 Å². The first-order valence-corrected chi connectivity index (χ1v) is 9.16. The summed E-state index contributed by atoms with van der Waals surface area (Å²) in [6.07, 6.45) is -0.192. The lowest BCUT2D eigenvalue weighted by Gasteiger charge is -2.27. The molecule has 0 fully saturated rings. The zero-order valence-corrected chi connectivity index (χ0v) is 15.2. The van der Waals surface area contributed by atoms with Crippen LogP contribution in [0.5, 0.6) is 11.5 Å². The maximum absolute atomic E-state index is 12.1. The molecule has 7 heteroatoms. The third-order valence-corrected chi connectivity index (χ3v) is 4.77. The number of benzene rings is 1. The number of carbonyl (C=O) groups excluding carboxylic acids is 1. The summed E-state index contributed by atoms with van der Waals surface area (Å²) in [5.74, 6) is 1.46. The number of ether oxygens (including phenoxy) is 2. The minimum atomic E-state index is -0.204. The van der Waals surface area contributed by atoms with Crippen molar-refractivity contribution in [1.29, 1.82) is 0 Å². The van der Waals surface area contributed by atoms with Gasteiger partial charge in [0.15, 0.2) is 17.6 Å². The first-order chi connectivity index (χ1) is 12.1. The highest BCUT2D eigenvalue weighted by Gasteiger charge is 2.21. The second kappa shape index (κ2) is 8.22. The monoisotopic (exact) mass is 361 g/mol. The van der Waals surface area contributed by atoms with Crippen molar-refractivity contribution < 1.29 is 14.3 Å². The van der Waals surface area contributed by atoms with Crippen LogP contribution in [0.4, 0.5) is 4.79 Å². The Bertz CT molecular complexity index is 691. The van der Waals surface area contributed by atoms with Crippen molar-refractivity contribution in [2.24, 2.45) is 0 Å². The lowest BCUT2D eigenvalue weighted by atomic mass is 10.1. The van der Waals surface area contributed by atoms with E-state index in [4.69, 9.17) is 9.47 Å². The van der Waals surface area contributed by atoms with Gasteiger partial charge >= 0.3 is 6.03 Å². The minimum absolute atomic E-state index is 0.151. The number of rotatable bonds is 6. The van der Waals surface area contributed by atoms with Crippen molar-refractivity contribution >= 4 is 17.4 Å². The second-order valence-corrected chi connectivity index (χ2v) is 6.90. The van der Waals surface area contributed by atoms with Crippen LogP contribution in [-0.4, -0.2) is 50.8 Å². The Kier molecular flexibility index (Phi) is 5.78. The molecule has 0 saturated carbocycles. The van der Waals surface area contributed by atoms with Crippen LogP contribution < -0.4 is 20.1 Å². The molecule has 2 amide bonds. The lowest BCUT2D eigenvalue weighted by molar-refractivity contribution is 0.0917. The molecule has 3 rings (SSSR count). The van der Waals surface area contributed by atoms with Crippen molar-refractivity contribution in [3.8, 4) is 11.5 Å². The number of hydrogen-bond acceptors (Lipinski definition) is 5. The first-order valence-electron chi connectivity index (χ1n) is 8.22. The zero-order valence-electron chi connectivity index (χ0n) is 14.4. The van der Waals surface area contributed by atoms with Gasteiger partial charge in [0.05, 0.1) is 12.6 Å². The van der Waals surface area contributed by atoms with E-state index in [1.54, 1.807) is 11.3 Å². The van der Waals surface area contributed by atoms with Gasteiger partial charge in [-0.05, 0) is 48.6 Å². The lowest BCUT2D eigenvalue weighted by Crippen LogP contribution is -2.46. The molecular formula is C18H23N3O3S. The standard InChI is InChI=1S/C18H23N3O3S/c1-21(2)15(13-7-8-25-12-13)10-20-18(22)19-9-14-11-23-16-5-3-4-6-17(16)24-14/h3-8,12,14-15H,9-11H2,1-2H3,(H2,19,20,22). The van der Waals surface area contributed by atoms with E-state index in [0.29, 0.717) is 25.4 Å². The van der Waals surface area contributed by atoms with Gasteiger partial charge < -0.3 is 25.0 Å². The summed E-state index contributed by atoms with van der Waals surface area (Å²) in [5, 5.41) is 9.93. The third-order valence-electron chi connectivity index (χ3n) is 4.07. The van der Waals surface area contributed by atoms with E-state index in [2.05, 4.69) is 27.0 Å². The Morgan fingerprint density at radius 2 is 2.08 bits per heavy atom. The normalized spacial score (nSPS) is 17.2. The summed E-state index contributed by atoms with van der Waals surface area (Å²) in [6.45, 7) is 1.36. The highest BCUT2D eigenvalue weighted by Crippen LogP contribution is 2.30. The average molecular weight is 361 g/mol. The molecule has 2 unspecified atom stereocenters. The van der Waals surface area contributed by atoms with E-state index in [1.165, 1.54) is 5.56 Å². The number of urea groups is 1. The Morgan fingerprint density at radius 3 is 2.80 bits per heavy atom. The van der Waals surface area contributed by atoms with Crippen molar-refractivity contribution in [1.82, 2.24) is 15.5 Å². The Labute approximate surface area is 151 Å². The number of nitrogens with zero attached hydrogens (tertiary/aromatic N) is 1. The van der Waals surface area contributed by atoms with Gasteiger partial charge in [0, 0.05) is 6.54 Å². The van der Waals surface area contributed by atoms with Gasteiger partial charge in [-0.25, -0.2) is 4.79 Å².